The van der Waals surface area contributed by atoms with Gasteiger partial charge in [0, 0.05) is 24.4 Å². The number of halogens is 1. The van der Waals surface area contributed by atoms with Crippen LogP contribution < -0.4 is 10.3 Å². The fourth-order valence-electron chi connectivity index (χ4n) is 2.88. The summed E-state index contributed by atoms with van der Waals surface area (Å²) in [6.07, 6.45) is 4.26. The first kappa shape index (κ1) is 19.4. The average molecular weight is 390 g/mol. The molecule has 27 heavy (non-hydrogen) atoms. The average Bonchev–Trinajstić information content (AvgIpc) is 2.69. The highest BCUT2D eigenvalue weighted by molar-refractivity contribution is 6.31. The van der Waals surface area contributed by atoms with Gasteiger partial charge >= 0.3 is 0 Å². The molecule has 8 heteroatoms. The predicted molar refractivity (Wildman–Crippen MR) is 98.7 cm³/mol. The maximum atomic E-state index is 12.4. The third-order valence-corrected chi connectivity index (χ3v) is 4.69. The van der Waals surface area contributed by atoms with E-state index < -0.39 is 0 Å². The second kappa shape index (κ2) is 9.00. The topological polar surface area (TPSA) is 86.4 Å². The van der Waals surface area contributed by atoms with Crippen molar-refractivity contribution in [3.8, 4) is 11.9 Å². The number of hydrogen-bond donors (Lipinski definition) is 0. The first-order chi connectivity index (χ1) is 13.1. The molecule has 0 radical (unpaired) electrons. The molecule has 1 atom stereocenters. The van der Waals surface area contributed by atoms with E-state index in [9.17, 15) is 4.79 Å². The van der Waals surface area contributed by atoms with Gasteiger partial charge in [0.15, 0.2) is 6.29 Å². The second-order valence-electron chi connectivity index (χ2n) is 6.15. The number of pyridine rings is 2. The summed E-state index contributed by atoms with van der Waals surface area (Å²) in [4.78, 5) is 16.8. The molecule has 3 rings (SSSR count). The molecule has 0 spiro atoms. The minimum Gasteiger partial charge on any atom is -0.481 e. The molecular weight excluding hydrogens is 370 g/mol. The van der Waals surface area contributed by atoms with Crippen LogP contribution in [-0.4, -0.2) is 29.6 Å². The summed E-state index contributed by atoms with van der Waals surface area (Å²) in [5.41, 5.74) is 0.899. The number of nitriles is 1. The predicted octanol–water partition coefficient (Wildman–Crippen LogP) is 2.87. The quantitative estimate of drug-likeness (QED) is 0.755. The molecule has 2 aromatic heterocycles. The number of methoxy groups -OCH3 is 1. The summed E-state index contributed by atoms with van der Waals surface area (Å²) >= 11 is 6.42. The van der Waals surface area contributed by atoms with Crippen molar-refractivity contribution in [2.75, 3.05) is 13.7 Å². The molecule has 0 bridgehead atoms. The van der Waals surface area contributed by atoms with Crippen molar-refractivity contribution < 1.29 is 14.2 Å². The van der Waals surface area contributed by atoms with Crippen molar-refractivity contribution in [3.05, 3.63) is 56.6 Å². The van der Waals surface area contributed by atoms with Gasteiger partial charge in [-0.15, -0.1) is 0 Å². The van der Waals surface area contributed by atoms with E-state index in [2.05, 4.69) is 4.98 Å². The van der Waals surface area contributed by atoms with Crippen LogP contribution in [0.2, 0.25) is 5.02 Å². The van der Waals surface area contributed by atoms with Crippen molar-refractivity contribution in [2.45, 2.75) is 38.7 Å². The molecular formula is C19H20ClN3O4. The molecule has 3 heterocycles. The summed E-state index contributed by atoms with van der Waals surface area (Å²) in [5, 5.41) is 9.51. The van der Waals surface area contributed by atoms with Crippen molar-refractivity contribution in [3.63, 3.8) is 0 Å². The van der Waals surface area contributed by atoms with Gasteiger partial charge in [0.1, 0.15) is 11.6 Å². The van der Waals surface area contributed by atoms with Gasteiger partial charge in [-0.25, -0.2) is 4.98 Å². The van der Waals surface area contributed by atoms with Crippen LogP contribution in [0.5, 0.6) is 5.88 Å². The first-order valence-electron chi connectivity index (χ1n) is 8.67. The molecule has 1 saturated heterocycles. The largest absolute Gasteiger partial charge is 0.481 e. The Balaban J connectivity index is 1.89. The van der Waals surface area contributed by atoms with Gasteiger partial charge in [0.25, 0.3) is 5.56 Å². The van der Waals surface area contributed by atoms with Gasteiger partial charge in [-0.05, 0) is 31.4 Å². The van der Waals surface area contributed by atoms with E-state index in [0.29, 0.717) is 28.8 Å². The summed E-state index contributed by atoms with van der Waals surface area (Å²) < 4.78 is 18.1. The molecule has 2 aromatic rings. The molecule has 0 aromatic carbocycles. The van der Waals surface area contributed by atoms with Crippen LogP contribution >= 0.6 is 11.6 Å². The van der Waals surface area contributed by atoms with E-state index in [-0.39, 0.29) is 30.6 Å². The van der Waals surface area contributed by atoms with Crippen LogP contribution in [0.1, 0.15) is 36.1 Å². The fourth-order valence-corrected chi connectivity index (χ4v) is 3.14. The van der Waals surface area contributed by atoms with Crippen LogP contribution in [0.15, 0.2) is 29.2 Å². The molecule has 7 nitrogen and oxygen atoms in total. The maximum Gasteiger partial charge on any atom is 0.268 e. The van der Waals surface area contributed by atoms with Crippen LogP contribution in [0.4, 0.5) is 0 Å². The van der Waals surface area contributed by atoms with Gasteiger partial charge in [0.05, 0.1) is 31.0 Å². The lowest BCUT2D eigenvalue weighted by Crippen LogP contribution is -2.24. The first-order valence-corrected chi connectivity index (χ1v) is 9.05. The Bertz CT molecular complexity index is 901. The van der Waals surface area contributed by atoms with Crippen molar-refractivity contribution in [1.82, 2.24) is 9.55 Å². The van der Waals surface area contributed by atoms with E-state index in [1.807, 2.05) is 6.07 Å². The Morgan fingerprint density at radius 3 is 3.04 bits per heavy atom. The van der Waals surface area contributed by atoms with Gasteiger partial charge in [-0.3, -0.25) is 4.79 Å². The van der Waals surface area contributed by atoms with Gasteiger partial charge in [-0.2, -0.15) is 5.26 Å². The number of aromatic nitrogens is 2. The number of rotatable bonds is 6. The zero-order valence-corrected chi connectivity index (χ0v) is 15.7. The van der Waals surface area contributed by atoms with E-state index in [1.165, 1.54) is 17.7 Å². The molecule has 0 N–H and O–H groups in total. The maximum absolute atomic E-state index is 12.4. The Kier molecular flexibility index (Phi) is 6.45. The number of hydrogen-bond acceptors (Lipinski definition) is 6. The summed E-state index contributed by atoms with van der Waals surface area (Å²) in [6.45, 7) is 1.04. The highest BCUT2D eigenvalue weighted by atomic mass is 35.5. The van der Waals surface area contributed by atoms with Gasteiger partial charge in [0.2, 0.25) is 5.88 Å². The summed E-state index contributed by atoms with van der Waals surface area (Å²) in [7, 11) is 1.50. The SMILES string of the molecule is COc1cc(Cl)c(COC2CCCCO2)c(Cn2cccc(C#N)c2=O)n1. The third kappa shape index (κ3) is 4.66. The molecule has 1 aliphatic heterocycles. The monoisotopic (exact) mass is 389 g/mol. The minimum absolute atomic E-state index is 0.0694. The fraction of sp³-hybridized carbons (Fsp3) is 0.421. The lowest BCUT2D eigenvalue weighted by Gasteiger charge is -2.23. The number of nitrogens with zero attached hydrogens (tertiary/aromatic N) is 3. The Labute approximate surface area is 162 Å². The minimum atomic E-state index is -0.386. The second-order valence-corrected chi connectivity index (χ2v) is 6.55. The molecule has 1 aliphatic rings. The van der Waals surface area contributed by atoms with Crippen LogP contribution in [0.25, 0.3) is 0 Å². The van der Waals surface area contributed by atoms with E-state index in [1.54, 1.807) is 18.3 Å². The highest BCUT2D eigenvalue weighted by Crippen LogP contribution is 2.26. The van der Waals surface area contributed by atoms with Crippen molar-refractivity contribution >= 4 is 11.6 Å². The van der Waals surface area contributed by atoms with E-state index >= 15 is 0 Å². The molecule has 0 aliphatic carbocycles. The molecule has 142 valence electrons. The smallest absolute Gasteiger partial charge is 0.268 e. The van der Waals surface area contributed by atoms with Crippen LogP contribution in [-0.2, 0) is 22.6 Å². The number of ether oxygens (including phenoxy) is 3. The highest BCUT2D eigenvalue weighted by Gasteiger charge is 2.18. The Morgan fingerprint density at radius 2 is 2.33 bits per heavy atom. The van der Waals surface area contributed by atoms with E-state index in [4.69, 9.17) is 31.1 Å². The Hall–Kier alpha value is -2.40. The van der Waals surface area contributed by atoms with Crippen molar-refractivity contribution in [1.29, 1.82) is 5.26 Å². The zero-order chi connectivity index (χ0) is 19.2. The van der Waals surface area contributed by atoms with E-state index in [0.717, 1.165) is 19.3 Å². The summed E-state index contributed by atoms with van der Waals surface area (Å²) in [6, 6.07) is 6.63. The molecule has 0 saturated carbocycles. The zero-order valence-electron chi connectivity index (χ0n) is 15.0. The molecule has 0 amide bonds. The summed E-state index contributed by atoms with van der Waals surface area (Å²) in [5.74, 6) is 0.345. The van der Waals surface area contributed by atoms with Crippen LogP contribution in [0.3, 0.4) is 0 Å². The normalized spacial score (nSPS) is 16.7. The van der Waals surface area contributed by atoms with Gasteiger partial charge in [-0.1, -0.05) is 11.6 Å². The third-order valence-electron chi connectivity index (χ3n) is 4.35. The molecule has 1 unspecified atom stereocenters. The standard InChI is InChI=1S/C19H20ClN3O4/c1-25-17-9-15(20)14(12-27-18-6-2-3-8-26-18)16(22-17)11-23-7-4-5-13(10-21)19(23)24/h4-5,7,9,18H,2-3,6,8,11-12H2,1H3. The molecule has 1 fully saturated rings. The lowest BCUT2D eigenvalue weighted by atomic mass is 10.1. The Morgan fingerprint density at radius 1 is 1.48 bits per heavy atom. The van der Waals surface area contributed by atoms with Crippen molar-refractivity contribution in [2.24, 2.45) is 0 Å². The van der Waals surface area contributed by atoms with Gasteiger partial charge < -0.3 is 18.8 Å². The van der Waals surface area contributed by atoms with Crippen LogP contribution in [0, 0.1) is 11.3 Å². The lowest BCUT2D eigenvalue weighted by molar-refractivity contribution is -0.169.